The summed E-state index contributed by atoms with van der Waals surface area (Å²) < 4.78 is 101. The number of carbonyl (C=O) groups excluding carboxylic acids is 2. The van der Waals surface area contributed by atoms with Crippen LogP contribution in [0.25, 0.3) is 11.3 Å². The zero-order valence-corrected chi connectivity index (χ0v) is 42.4. The van der Waals surface area contributed by atoms with E-state index < -0.39 is 67.3 Å². The van der Waals surface area contributed by atoms with Crippen molar-refractivity contribution in [3.63, 3.8) is 0 Å². The zero-order chi connectivity index (χ0) is 49.8. The van der Waals surface area contributed by atoms with Gasteiger partial charge in [-0.25, -0.2) is 23.5 Å². The maximum Gasteiger partial charge on any atom is 0.418 e. The lowest BCUT2D eigenvalue weighted by atomic mass is 9.82. The average molecular weight is 1110 g/mol. The summed E-state index contributed by atoms with van der Waals surface area (Å²) in [5.41, 5.74) is -0.435. The third kappa shape index (κ3) is 19.2. The standard InChI is InChI=1S/C39H45F2N8O6S.2CH4O3S.HI/c1-24(36-46-32(20-56-36)26-10-12-27(13-11-26)34(42)55-38(3,4)5)39(52,30-17-29(40)14-15-31(30)41)21-49-23-48(22-45-49)25(2)54-37(51)47(7)35-28(9-8-16-44-35)19-53-33(50)18-43-6;2*1-5(2,3)4;/h8-17,20,22-25,42-43,52H,18-19,21H2,1-7H3;2*1H3,(H,2,3,4);1H/q+1;;;/p-1/t24-,25?,39+;;;/m0.../s1. The number of carbonyl (C=O) groups is 2. The van der Waals surface area contributed by atoms with Crippen molar-refractivity contribution in [3.8, 4) is 11.3 Å². The zero-order valence-electron chi connectivity index (χ0n) is 37.8. The molecule has 1 unspecified atom stereocenters. The number of nitrogens with one attached hydrogen (secondary N) is 2. The Balaban J connectivity index is 0.00000127. The van der Waals surface area contributed by atoms with Gasteiger partial charge in [-0.3, -0.25) is 24.2 Å². The quantitative estimate of drug-likeness (QED) is 0.0265. The number of aliphatic hydroxyl groups is 1. The molecule has 0 saturated carbocycles. The minimum absolute atomic E-state index is 0. The van der Waals surface area contributed by atoms with Crippen molar-refractivity contribution in [3.05, 3.63) is 112 Å². The van der Waals surface area contributed by atoms with Gasteiger partial charge in [0.2, 0.25) is 18.5 Å². The Kier molecular flexibility index (Phi) is 21.5. The number of aromatic nitrogens is 5. The predicted octanol–water partition coefficient (Wildman–Crippen LogP) is 1.87. The molecule has 0 aliphatic carbocycles. The first-order chi connectivity index (χ1) is 30.5. The summed E-state index contributed by atoms with van der Waals surface area (Å²) in [6.45, 7) is 8.45. The number of amides is 1. The molecule has 3 heterocycles. The number of ether oxygens (including phenoxy) is 3. The number of esters is 1. The Morgan fingerprint density at radius 1 is 1.03 bits per heavy atom. The molecule has 0 aliphatic rings. The van der Waals surface area contributed by atoms with E-state index in [0.717, 1.165) is 23.8 Å². The molecule has 5 rings (SSSR count). The van der Waals surface area contributed by atoms with Crippen LogP contribution in [0.4, 0.5) is 19.4 Å². The summed E-state index contributed by atoms with van der Waals surface area (Å²) in [5.74, 6) is -2.62. The summed E-state index contributed by atoms with van der Waals surface area (Å²) in [5, 5.41) is 30.0. The first-order valence-corrected chi connectivity index (χ1v) is 24.0. The lowest BCUT2D eigenvalue weighted by molar-refractivity contribution is -0.753. The van der Waals surface area contributed by atoms with Crippen LogP contribution in [0.15, 0.2) is 78.8 Å². The van der Waals surface area contributed by atoms with Crippen LogP contribution in [-0.2, 0) is 58.0 Å². The molecule has 0 radical (unpaired) electrons. The Morgan fingerprint density at radius 2 is 1.64 bits per heavy atom. The van der Waals surface area contributed by atoms with Crippen molar-refractivity contribution in [1.29, 1.82) is 5.41 Å². The minimum atomic E-state index is -3.67. The van der Waals surface area contributed by atoms with Gasteiger partial charge in [0, 0.05) is 58.8 Å². The monoisotopic (exact) mass is 1110 g/mol. The second kappa shape index (κ2) is 24.8. The van der Waals surface area contributed by atoms with Crippen LogP contribution in [0.1, 0.15) is 68.5 Å². The van der Waals surface area contributed by atoms with Crippen molar-refractivity contribution >= 4 is 55.4 Å². The number of benzene rings is 2. The van der Waals surface area contributed by atoms with Crippen LogP contribution in [0.2, 0.25) is 0 Å². The highest BCUT2D eigenvalue weighted by atomic mass is 127. The first kappa shape index (κ1) is 58.0. The van der Waals surface area contributed by atoms with E-state index in [9.17, 15) is 35.9 Å². The van der Waals surface area contributed by atoms with E-state index in [-0.39, 0.29) is 61.0 Å². The van der Waals surface area contributed by atoms with Crippen molar-refractivity contribution in [2.24, 2.45) is 0 Å². The molecule has 0 fully saturated rings. The SMILES string of the molecule is CNCC(=O)OCc1cccnc1N(C)C(=O)OC(C)[n+]1cnn(C[C@](O)(c2cc(F)ccc2F)[C@@H](C)c2nc(-c3ccc(C(=N)OC(C)(C)C)cc3)cs2)c1.CS(=O)(=O)O.CS(=O)(=O)O.[I-]. The van der Waals surface area contributed by atoms with Gasteiger partial charge in [0.15, 0.2) is 0 Å². The largest absolute Gasteiger partial charge is 1.00 e. The van der Waals surface area contributed by atoms with Crippen molar-refractivity contribution < 1.29 is 92.2 Å². The molecule has 26 heteroatoms. The van der Waals surface area contributed by atoms with Crippen molar-refractivity contribution in [2.75, 3.05) is 38.1 Å². The highest BCUT2D eigenvalue weighted by Gasteiger charge is 2.43. The maximum absolute atomic E-state index is 15.5. The molecule has 67 heavy (non-hydrogen) atoms. The van der Waals surface area contributed by atoms with E-state index in [2.05, 4.69) is 15.4 Å². The highest BCUT2D eigenvalue weighted by Crippen LogP contribution is 2.41. The second-order valence-corrected chi connectivity index (χ2v) is 19.4. The number of thiazole rings is 1. The van der Waals surface area contributed by atoms with E-state index in [1.807, 2.05) is 32.9 Å². The number of anilines is 1. The maximum atomic E-state index is 15.5. The van der Waals surface area contributed by atoms with Gasteiger partial charge in [-0.05, 0) is 64.2 Å². The second-order valence-electron chi connectivity index (χ2n) is 15.5. The molecule has 0 aliphatic heterocycles. The smallest absolute Gasteiger partial charge is 0.418 e. The Bertz CT molecular complexity index is 2640. The van der Waals surface area contributed by atoms with Gasteiger partial charge in [0.05, 0.1) is 29.8 Å². The fourth-order valence-corrected chi connectivity index (χ4v) is 6.66. The van der Waals surface area contributed by atoms with E-state index in [4.69, 9.17) is 33.7 Å². The van der Waals surface area contributed by atoms with Gasteiger partial charge >= 0.3 is 12.1 Å². The number of hydrogen-bond donors (Lipinski definition) is 5. The van der Waals surface area contributed by atoms with Crippen LogP contribution < -0.4 is 38.8 Å². The summed E-state index contributed by atoms with van der Waals surface area (Å²) in [6.07, 6.45) is 4.08. The number of likely N-dealkylation sites (N-methyl/N-ethyl adjacent to an activating group) is 1. The van der Waals surface area contributed by atoms with Gasteiger partial charge < -0.3 is 48.6 Å². The predicted molar refractivity (Wildman–Crippen MR) is 239 cm³/mol. The highest BCUT2D eigenvalue weighted by molar-refractivity contribution is 7.85. The van der Waals surface area contributed by atoms with Gasteiger partial charge in [-0.2, -0.15) is 21.4 Å². The van der Waals surface area contributed by atoms with Crippen LogP contribution in [0, 0.1) is 17.0 Å². The van der Waals surface area contributed by atoms with Crippen LogP contribution in [-0.4, -0.2) is 108 Å². The molecule has 20 nitrogen and oxygen atoms in total. The fourth-order valence-electron chi connectivity index (χ4n) is 5.69. The van der Waals surface area contributed by atoms with Gasteiger partial charge in [-0.1, -0.05) is 25.1 Å². The Morgan fingerprint density at radius 3 is 2.22 bits per heavy atom. The average Bonchev–Trinajstić information content (AvgIpc) is 3.89. The minimum Gasteiger partial charge on any atom is -1.00 e. The molecule has 2 aromatic carbocycles. The van der Waals surface area contributed by atoms with Gasteiger partial charge in [0.1, 0.15) is 41.8 Å². The van der Waals surface area contributed by atoms with Crippen LogP contribution in [0.5, 0.6) is 0 Å². The van der Waals surface area contributed by atoms with E-state index in [0.29, 0.717) is 34.3 Å². The number of rotatable bonds is 14. The third-order valence-corrected chi connectivity index (χ3v) is 9.75. The Hall–Kier alpha value is -5.10. The first-order valence-electron chi connectivity index (χ1n) is 19.5. The lowest BCUT2D eigenvalue weighted by Gasteiger charge is -2.32. The molecule has 3 aromatic heterocycles. The van der Waals surface area contributed by atoms with Crippen LogP contribution in [0.3, 0.4) is 0 Å². The molecule has 5 N–H and O–H groups in total. The number of halogens is 3. The summed E-state index contributed by atoms with van der Waals surface area (Å²) in [6, 6.07) is 13.4. The van der Waals surface area contributed by atoms with E-state index in [1.165, 1.54) is 51.4 Å². The lowest BCUT2D eigenvalue weighted by Crippen LogP contribution is -3.00. The molecular weight excluding hydrogens is 1060 g/mol. The van der Waals surface area contributed by atoms with Crippen LogP contribution >= 0.6 is 11.3 Å². The molecule has 3 atom stereocenters. The summed E-state index contributed by atoms with van der Waals surface area (Å²) >= 11 is 1.25. The molecule has 1 amide bonds. The van der Waals surface area contributed by atoms with Crippen molar-refractivity contribution in [2.45, 2.75) is 71.1 Å². The summed E-state index contributed by atoms with van der Waals surface area (Å²) in [7, 11) is -4.25. The summed E-state index contributed by atoms with van der Waals surface area (Å²) in [4.78, 5) is 35.3. The Labute approximate surface area is 408 Å². The molecule has 368 valence electrons. The number of pyridine rings is 1. The molecule has 0 bridgehead atoms. The molecular formula is C41H53F2IN8O12S3. The van der Waals surface area contributed by atoms with E-state index in [1.54, 1.807) is 50.5 Å². The third-order valence-electron chi connectivity index (χ3n) is 8.72. The fraction of sp³-hybridized carbons (Fsp3) is 0.390. The van der Waals surface area contributed by atoms with E-state index >= 15 is 4.39 Å². The molecule has 0 spiro atoms. The van der Waals surface area contributed by atoms with Gasteiger partial charge in [-0.15, -0.1) is 16.0 Å². The molecule has 5 aromatic rings. The topological polar surface area (TPSA) is 277 Å². The van der Waals surface area contributed by atoms with Crippen molar-refractivity contribution in [1.82, 2.24) is 25.1 Å². The normalized spacial score (nSPS) is 13.2. The van der Waals surface area contributed by atoms with Gasteiger partial charge in [0.25, 0.3) is 26.6 Å². The number of hydrogen-bond acceptors (Lipinski definition) is 16. The molecule has 0 saturated heterocycles. The number of nitrogens with zero attached hydrogens (tertiary/aromatic N) is 6.